The summed E-state index contributed by atoms with van der Waals surface area (Å²) in [4.78, 5) is 58.2. The summed E-state index contributed by atoms with van der Waals surface area (Å²) in [7, 11) is -1.30. The average molecular weight is 496 g/mol. The molecule has 0 saturated carbocycles. The van der Waals surface area contributed by atoms with Crippen molar-refractivity contribution in [3.05, 3.63) is 60.2 Å². The van der Waals surface area contributed by atoms with Crippen LogP contribution in [0.2, 0.25) is 0 Å². The smallest absolute Gasteiger partial charge is 0.498 e. The Morgan fingerprint density at radius 3 is 2.11 bits per heavy atom. The van der Waals surface area contributed by atoms with E-state index in [1.807, 2.05) is 44.2 Å². The molecule has 1 aromatic carbocycles. The van der Waals surface area contributed by atoms with Crippen molar-refractivity contribution in [3.8, 4) is 0 Å². The molecule has 2 amide bonds. The van der Waals surface area contributed by atoms with Crippen LogP contribution in [0.4, 0.5) is 0 Å². The number of aromatic nitrogens is 2. The highest BCUT2D eigenvalue weighted by Crippen LogP contribution is 2.13. The number of carbonyl (C=O) groups is 4. The Morgan fingerprint density at radius 1 is 0.944 bits per heavy atom. The molecule has 192 valence electrons. The van der Waals surface area contributed by atoms with Gasteiger partial charge in [0.15, 0.2) is 0 Å². The summed E-state index contributed by atoms with van der Waals surface area (Å²) in [6, 6.07) is 8.22. The van der Waals surface area contributed by atoms with Gasteiger partial charge in [0.2, 0.25) is 5.91 Å². The Bertz CT molecular complexity index is 988. The van der Waals surface area contributed by atoms with Gasteiger partial charge in [0, 0.05) is 31.7 Å². The molecule has 0 saturated heterocycles. The average Bonchev–Trinajstić information content (AvgIpc) is 2.88. The summed E-state index contributed by atoms with van der Waals surface area (Å²) < 4.78 is 10.8. The molecule has 1 aromatic heterocycles. The van der Waals surface area contributed by atoms with Crippen molar-refractivity contribution >= 4 is 30.9 Å². The van der Waals surface area contributed by atoms with Crippen molar-refractivity contribution < 1.29 is 28.5 Å². The quantitative estimate of drug-likeness (QED) is 0.403. The Balaban J connectivity index is 2.30. The largest absolute Gasteiger partial charge is 0.622 e. The van der Waals surface area contributed by atoms with Gasteiger partial charge in [-0.2, -0.15) is 0 Å². The van der Waals surface area contributed by atoms with E-state index in [0.717, 1.165) is 5.56 Å². The molecule has 0 aliphatic carbocycles. The van der Waals surface area contributed by atoms with Gasteiger partial charge in [0.25, 0.3) is 17.8 Å². The summed E-state index contributed by atoms with van der Waals surface area (Å²) in [5, 5.41) is 5.55. The minimum atomic E-state index is -1.30. The van der Waals surface area contributed by atoms with E-state index >= 15 is 0 Å². The Labute approximate surface area is 211 Å². The lowest BCUT2D eigenvalue weighted by atomic mass is 9.73. The van der Waals surface area contributed by atoms with Gasteiger partial charge in [-0.05, 0) is 17.9 Å². The normalized spacial score (nSPS) is 12.2. The Kier molecular flexibility index (Phi) is 11.6. The van der Waals surface area contributed by atoms with E-state index in [2.05, 4.69) is 20.6 Å². The number of nitrogens with one attached hydrogen (secondary N) is 2. The zero-order valence-corrected chi connectivity index (χ0v) is 21.1. The number of rotatable bonds is 13. The first-order valence-electron chi connectivity index (χ1n) is 12.0. The summed E-state index contributed by atoms with van der Waals surface area (Å²) in [6.07, 6.45) is 4.84. The van der Waals surface area contributed by atoms with Gasteiger partial charge < -0.3 is 19.9 Å². The molecule has 0 fully saturated rings. The van der Waals surface area contributed by atoms with Crippen molar-refractivity contribution in [1.29, 1.82) is 0 Å². The van der Waals surface area contributed by atoms with E-state index < -0.39 is 42.9 Å². The van der Waals surface area contributed by atoms with E-state index in [9.17, 15) is 19.2 Å². The van der Waals surface area contributed by atoms with Crippen molar-refractivity contribution in [1.82, 2.24) is 20.6 Å². The van der Waals surface area contributed by atoms with E-state index in [4.69, 9.17) is 9.31 Å². The summed E-state index contributed by atoms with van der Waals surface area (Å²) in [6.45, 7) is 7.09. The Morgan fingerprint density at radius 2 is 1.58 bits per heavy atom. The summed E-state index contributed by atoms with van der Waals surface area (Å²) >= 11 is 0. The second-order valence-electron chi connectivity index (χ2n) is 8.61. The molecule has 2 atom stereocenters. The van der Waals surface area contributed by atoms with Crippen molar-refractivity contribution in [3.63, 3.8) is 0 Å². The number of benzene rings is 1. The molecule has 0 aliphatic rings. The minimum absolute atomic E-state index is 0.0636. The Hall–Kier alpha value is -3.76. The van der Waals surface area contributed by atoms with Crippen LogP contribution in [0, 0.1) is 5.92 Å². The maximum atomic E-state index is 13.5. The molecule has 0 unspecified atom stereocenters. The van der Waals surface area contributed by atoms with Gasteiger partial charge >= 0.3 is 7.12 Å². The van der Waals surface area contributed by atoms with Crippen LogP contribution in [-0.4, -0.2) is 52.8 Å². The second kappa shape index (κ2) is 14.6. The molecule has 2 rings (SSSR count). The third-order valence-electron chi connectivity index (χ3n) is 5.15. The van der Waals surface area contributed by atoms with Crippen LogP contribution >= 0.6 is 0 Å². The molecule has 10 nitrogen and oxygen atoms in total. The van der Waals surface area contributed by atoms with Gasteiger partial charge in [0.05, 0.1) is 12.1 Å². The zero-order valence-electron chi connectivity index (χ0n) is 21.1. The standard InChI is InChI=1S/C25H33BN4O6/c1-5-22(31)35-26(36-23(32)6-2)21(14-17(3)4)30-24(33)19(15-18-10-8-7-9-11-18)29-25(34)20-16-27-12-13-28-20/h7-13,16-17,19,21H,5-6,14-15H2,1-4H3,(H,29,34)(H,30,33)/t19-,21-/m0/s1. The van der Waals surface area contributed by atoms with E-state index in [-0.39, 0.29) is 30.9 Å². The van der Waals surface area contributed by atoms with E-state index in [1.54, 1.807) is 13.8 Å². The van der Waals surface area contributed by atoms with Gasteiger partial charge in [-0.1, -0.05) is 58.0 Å². The van der Waals surface area contributed by atoms with Gasteiger partial charge in [-0.3, -0.25) is 24.2 Å². The fourth-order valence-corrected chi connectivity index (χ4v) is 3.35. The molecule has 0 bridgehead atoms. The first-order valence-corrected chi connectivity index (χ1v) is 12.0. The van der Waals surface area contributed by atoms with Gasteiger partial charge in [-0.25, -0.2) is 4.98 Å². The highest BCUT2D eigenvalue weighted by molar-refractivity contribution is 6.51. The summed E-state index contributed by atoms with van der Waals surface area (Å²) in [5.74, 6) is -2.97. The molecule has 0 spiro atoms. The molecule has 0 radical (unpaired) electrons. The molecule has 2 N–H and O–H groups in total. The molecule has 36 heavy (non-hydrogen) atoms. The number of carbonyl (C=O) groups excluding carboxylic acids is 4. The van der Waals surface area contributed by atoms with E-state index in [1.165, 1.54) is 18.6 Å². The number of amides is 2. The zero-order chi connectivity index (χ0) is 26.5. The summed E-state index contributed by atoms with van der Waals surface area (Å²) in [5.41, 5.74) is 0.887. The van der Waals surface area contributed by atoms with Crippen molar-refractivity contribution in [2.24, 2.45) is 5.92 Å². The monoisotopic (exact) mass is 496 g/mol. The van der Waals surface area contributed by atoms with Crippen LogP contribution in [0.25, 0.3) is 0 Å². The van der Waals surface area contributed by atoms with Gasteiger partial charge in [-0.15, -0.1) is 0 Å². The molecular formula is C25H33BN4O6. The van der Waals surface area contributed by atoms with Crippen LogP contribution in [0.15, 0.2) is 48.9 Å². The van der Waals surface area contributed by atoms with Crippen LogP contribution < -0.4 is 10.6 Å². The first-order chi connectivity index (χ1) is 17.2. The van der Waals surface area contributed by atoms with Crippen LogP contribution in [0.3, 0.4) is 0 Å². The van der Waals surface area contributed by atoms with Gasteiger partial charge in [0.1, 0.15) is 11.7 Å². The maximum absolute atomic E-state index is 13.5. The van der Waals surface area contributed by atoms with E-state index in [0.29, 0.717) is 6.42 Å². The minimum Gasteiger partial charge on any atom is -0.498 e. The molecular weight excluding hydrogens is 463 g/mol. The lowest BCUT2D eigenvalue weighted by Gasteiger charge is -2.27. The second-order valence-corrected chi connectivity index (χ2v) is 8.61. The van der Waals surface area contributed by atoms with Crippen molar-refractivity contribution in [2.75, 3.05) is 0 Å². The lowest BCUT2D eigenvalue weighted by Crippen LogP contribution is -2.57. The number of hydrogen-bond donors (Lipinski definition) is 2. The SMILES string of the molecule is CCC(=O)OB(OC(=O)CC)[C@H](CC(C)C)NC(=O)[C@H](Cc1ccccc1)NC(=O)c1cnccn1. The number of hydrogen-bond acceptors (Lipinski definition) is 8. The molecule has 2 aromatic rings. The van der Waals surface area contributed by atoms with Crippen molar-refractivity contribution in [2.45, 2.75) is 65.4 Å². The predicted octanol–water partition coefficient (Wildman–Crippen LogP) is 2.28. The highest BCUT2D eigenvalue weighted by Gasteiger charge is 2.40. The highest BCUT2D eigenvalue weighted by atomic mass is 16.6. The fourth-order valence-electron chi connectivity index (χ4n) is 3.35. The fraction of sp³-hybridized carbons (Fsp3) is 0.440. The van der Waals surface area contributed by atoms with Crippen LogP contribution in [0.5, 0.6) is 0 Å². The molecule has 11 heteroatoms. The lowest BCUT2D eigenvalue weighted by molar-refractivity contribution is -0.141. The maximum Gasteiger partial charge on any atom is 0.622 e. The van der Waals surface area contributed by atoms with Crippen LogP contribution in [-0.2, 0) is 30.1 Å². The third-order valence-corrected chi connectivity index (χ3v) is 5.15. The first kappa shape index (κ1) is 28.5. The molecule has 0 aliphatic heterocycles. The third kappa shape index (κ3) is 9.48. The predicted molar refractivity (Wildman–Crippen MR) is 133 cm³/mol. The topological polar surface area (TPSA) is 137 Å². The molecule has 1 heterocycles. The van der Waals surface area contributed by atoms with Crippen LogP contribution in [0.1, 0.15) is 63.0 Å². The number of nitrogens with zero attached hydrogens (tertiary/aromatic N) is 2.